The van der Waals surface area contributed by atoms with Gasteiger partial charge in [-0.1, -0.05) is 12.1 Å². The monoisotopic (exact) mass is 273 g/mol. The average Bonchev–Trinajstić information content (AvgIpc) is 2.18. The van der Waals surface area contributed by atoms with Crippen molar-refractivity contribution in [2.45, 2.75) is 5.92 Å². The van der Waals surface area contributed by atoms with Crippen LogP contribution < -0.4 is 10.5 Å². The number of carboxylic acids is 1. The number of carbonyl (C=O) groups is 1. The van der Waals surface area contributed by atoms with Gasteiger partial charge in [-0.15, -0.1) is 0 Å². The van der Waals surface area contributed by atoms with E-state index in [1.165, 1.54) is 7.11 Å². The molecule has 15 heavy (non-hydrogen) atoms. The summed E-state index contributed by atoms with van der Waals surface area (Å²) in [6.45, 7) is 0.0438. The van der Waals surface area contributed by atoms with Gasteiger partial charge >= 0.3 is 5.97 Å². The van der Waals surface area contributed by atoms with Gasteiger partial charge in [0.2, 0.25) is 0 Å². The lowest BCUT2D eigenvalue weighted by molar-refractivity contribution is -0.138. The number of benzene rings is 1. The van der Waals surface area contributed by atoms with Crippen molar-refractivity contribution >= 4 is 21.9 Å². The lowest BCUT2D eigenvalue weighted by Gasteiger charge is -2.15. The number of carboxylic acid groups (broad SMARTS) is 1. The molecule has 0 aliphatic rings. The lowest BCUT2D eigenvalue weighted by atomic mass is 9.98. The van der Waals surface area contributed by atoms with Crippen LogP contribution >= 0.6 is 15.9 Å². The summed E-state index contributed by atoms with van der Waals surface area (Å²) < 4.78 is 5.87. The summed E-state index contributed by atoms with van der Waals surface area (Å²) in [6, 6.07) is 5.25. The molecule has 0 radical (unpaired) electrons. The van der Waals surface area contributed by atoms with Crippen LogP contribution in [0.5, 0.6) is 5.75 Å². The summed E-state index contributed by atoms with van der Waals surface area (Å²) >= 11 is 3.30. The number of hydrogen-bond acceptors (Lipinski definition) is 3. The van der Waals surface area contributed by atoms with E-state index >= 15 is 0 Å². The van der Waals surface area contributed by atoms with Crippen molar-refractivity contribution in [3.8, 4) is 5.75 Å². The molecule has 1 unspecified atom stereocenters. The second kappa shape index (κ2) is 5.14. The number of halogens is 1. The van der Waals surface area contributed by atoms with Crippen LogP contribution in [0.15, 0.2) is 22.7 Å². The molecule has 1 aromatic carbocycles. The third-order valence-electron chi connectivity index (χ3n) is 2.11. The van der Waals surface area contributed by atoms with Crippen LogP contribution in [0.3, 0.4) is 0 Å². The normalized spacial score (nSPS) is 12.2. The molecule has 0 amide bonds. The molecule has 1 aromatic rings. The number of ether oxygens (including phenoxy) is 1. The Hall–Kier alpha value is -1.07. The van der Waals surface area contributed by atoms with E-state index in [0.717, 1.165) is 4.47 Å². The molecule has 0 spiro atoms. The maximum Gasteiger partial charge on any atom is 0.312 e. The molecular formula is C10H12BrNO3. The van der Waals surface area contributed by atoms with Crippen LogP contribution in [-0.4, -0.2) is 24.7 Å². The predicted octanol–water partition coefficient (Wildman–Crippen LogP) is 1.58. The van der Waals surface area contributed by atoms with Gasteiger partial charge in [-0.05, 0) is 22.0 Å². The van der Waals surface area contributed by atoms with Gasteiger partial charge in [0, 0.05) is 12.1 Å². The molecule has 1 rings (SSSR count). The molecular weight excluding hydrogens is 262 g/mol. The van der Waals surface area contributed by atoms with Crippen LogP contribution in [-0.2, 0) is 4.79 Å². The van der Waals surface area contributed by atoms with E-state index in [4.69, 9.17) is 15.6 Å². The van der Waals surface area contributed by atoms with Crippen molar-refractivity contribution in [3.63, 3.8) is 0 Å². The first kappa shape index (κ1) is 12.0. The highest BCUT2D eigenvalue weighted by molar-refractivity contribution is 9.10. The van der Waals surface area contributed by atoms with Gasteiger partial charge in [0.15, 0.2) is 0 Å². The van der Waals surface area contributed by atoms with Crippen molar-refractivity contribution in [1.82, 2.24) is 0 Å². The summed E-state index contributed by atoms with van der Waals surface area (Å²) in [6.07, 6.45) is 0. The zero-order valence-corrected chi connectivity index (χ0v) is 9.82. The molecule has 5 heteroatoms. The molecule has 0 bridgehead atoms. The van der Waals surface area contributed by atoms with Gasteiger partial charge in [0.05, 0.1) is 17.5 Å². The standard InChI is InChI=1S/C10H12BrNO3/c1-15-9-6(3-2-4-8(9)11)7(5-12)10(13)14/h2-4,7H,5,12H2,1H3,(H,13,14). The highest BCUT2D eigenvalue weighted by Crippen LogP contribution is 2.33. The van der Waals surface area contributed by atoms with Crippen LogP contribution in [0, 0.1) is 0 Å². The maximum absolute atomic E-state index is 11.0. The number of hydrogen-bond donors (Lipinski definition) is 2. The third-order valence-corrected chi connectivity index (χ3v) is 2.74. The predicted molar refractivity (Wildman–Crippen MR) is 60.1 cm³/mol. The maximum atomic E-state index is 11.0. The lowest BCUT2D eigenvalue weighted by Crippen LogP contribution is -2.21. The van der Waals surface area contributed by atoms with Gasteiger partial charge in [0.1, 0.15) is 5.75 Å². The van der Waals surface area contributed by atoms with E-state index < -0.39 is 11.9 Å². The van der Waals surface area contributed by atoms with Gasteiger partial charge in [0.25, 0.3) is 0 Å². The quantitative estimate of drug-likeness (QED) is 0.874. The fraction of sp³-hybridized carbons (Fsp3) is 0.300. The van der Waals surface area contributed by atoms with Gasteiger partial charge in [-0.2, -0.15) is 0 Å². The van der Waals surface area contributed by atoms with Crippen LogP contribution in [0.25, 0.3) is 0 Å². The molecule has 4 nitrogen and oxygen atoms in total. The Morgan fingerprint density at radius 2 is 2.33 bits per heavy atom. The zero-order chi connectivity index (χ0) is 11.4. The Kier molecular flexibility index (Phi) is 4.11. The third kappa shape index (κ3) is 2.49. The largest absolute Gasteiger partial charge is 0.495 e. The number of aliphatic carboxylic acids is 1. The highest BCUT2D eigenvalue weighted by atomic mass is 79.9. The number of para-hydroxylation sites is 1. The van der Waals surface area contributed by atoms with E-state index in [1.807, 2.05) is 0 Å². The molecule has 3 N–H and O–H groups in total. The highest BCUT2D eigenvalue weighted by Gasteiger charge is 2.22. The first-order valence-corrected chi connectivity index (χ1v) is 5.16. The Balaban J connectivity index is 3.22. The van der Waals surface area contributed by atoms with Crippen LogP contribution in [0.4, 0.5) is 0 Å². The minimum absolute atomic E-state index is 0.0438. The average molecular weight is 274 g/mol. The van der Waals surface area contributed by atoms with Crippen molar-refractivity contribution in [2.75, 3.05) is 13.7 Å². The molecule has 0 aliphatic heterocycles. The molecule has 0 aromatic heterocycles. The Morgan fingerprint density at radius 1 is 1.67 bits per heavy atom. The van der Waals surface area contributed by atoms with E-state index in [1.54, 1.807) is 18.2 Å². The SMILES string of the molecule is COc1c(Br)cccc1C(CN)C(=O)O. The second-order valence-corrected chi connectivity index (χ2v) is 3.84. The molecule has 0 heterocycles. The minimum Gasteiger partial charge on any atom is -0.495 e. The van der Waals surface area contributed by atoms with Gasteiger partial charge in [-0.3, -0.25) is 4.79 Å². The Labute approximate surface area is 96.2 Å². The molecule has 0 aliphatic carbocycles. The van der Waals surface area contributed by atoms with E-state index in [2.05, 4.69) is 15.9 Å². The van der Waals surface area contributed by atoms with Crippen molar-refractivity contribution in [3.05, 3.63) is 28.2 Å². The molecule has 0 saturated carbocycles. The first-order chi connectivity index (χ1) is 7.11. The zero-order valence-electron chi connectivity index (χ0n) is 8.24. The topological polar surface area (TPSA) is 72.5 Å². The summed E-state index contributed by atoms with van der Waals surface area (Å²) in [5.41, 5.74) is 6.01. The summed E-state index contributed by atoms with van der Waals surface area (Å²) in [5, 5.41) is 8.99. The number of rotatable bonds is 4. The molecule has 0 saturated heterocycles. The first-order valence-electron chi connectivity index (χ1n) is 4.37. The smallest absolute Gasteiger partial charge is 0.312 e. The molecule has 1 atom stereocenters. The fourth-order valence-electron chi connectivity index (χ4n) is 1.38. The number of methoxy groups -OCH3 is 1. The van der Waals surface area contributed by atoms with Gasteiger partial charge < -0.3 is 15.6 Å². The molecule has 0 fully saturated rings. The van der Waals surface area contributed by atoms with Crippen molar-refractivity contribution < 1.29 is 14.6 Å². The van der Waals surface area contributed by atoms with Crippen molar-refractivity contribution in [1.29, 1.82) is 0 Å². The van der Waals surface area contributed by atoms with Crippen LogP contribution in [0.2, 0.25) is 0 Å². The molecule has 82 valence electrons. The minimum atomic E-state index is -0.950. The van der Waals surface area contributed by atoms with E-state index in [-0.39, 0.29) is 6.54 Å². The Morgan fingerprint density at radius 3 is 2.80 bits per heavy atom. The fourth-order valence-corrected chi connectivity index (χ4v) is 1.92. The second-order valence-electron chi connectivity index (χ2n) is 2.99. The Bertz CT molecular complexity index is 368. The van der Waals surface area contributed by atoms with E-state index in [9.17, 15) is 4.79 Å². The summed E-state index contributed by atoms with van der Waals surface area (Å²) in [7, 11) is 1.50. The van der Waals surface area contributed by atoms with E-state index in [0.29, 0.717) is 11.3 Å². The van der Waals surface area contributed by atoms with Crippen molar-refractivity contribution in [2.24, 2.45) is 5.73 Å². The number of nitrogens with two attached hydrogens (primary N) is 1. The summed E-state index contributed by atoms with van der Waals surface area (Å²) in [5.74, 6) is -1.17. The van der Waals surface area contributed by atoms with Crippen LogP contribution in [0.1, 0.15) is 11.5 Å². The summed E-state index contributed by atoms with van der Waals surface area (Å²) in [4.78, 5) is 11.0. The van der Waals surface area contributed by atoms with Gasteiger partial charge in [-0.25, -0.2) is 0 Å².